The molecule has 2 aromatic rings. The van der Waals surface area contributed by atoms with Gasteiger partial charge in [0.15, 0.2) is 5.43 Å². The standard InChI is InChI=1S/C12H12N2O2/c1-8-3-2-4-9-10(15)5-6-14(12(8)9)7-11(13)16/h2-6H,7H2,1H3,(H2,13,16). The molecule has 0 spiro atoms. The van der Waals surface area contributed by atoms with Crippen molar-refractivity contribution in [3.8, 4) is 0 Å². The molecule has 2 N–H and O–H groups in total. The van der Waals surface area contributed by atoms with Crippen molar-refractivity contribution >= 4 is 16.8 Å². The van der Waals surface area contributed by atoms with Crippen LogP contribution in [0.15, 0.2) is 35.3 Å². The Kier molecular flexibility index (Phi) is 2.48. The fourth-order valence-electron chi connectivity index (χ4n) is 1.86. The third-order valence-electron chi connectivity index (χ3n) is 2.52. The van der Waals surface area contributed by atoms with Crippen LogP contribution < -0.4 is 11.2 Å². The fourth-order valence-corrected chi connectivity index (χ4v) is 1.86. The molecule has 0 aliphatic rings. The van der Waals surface area contributed by atoms with Gasteiger partial charge in [-0.3, -0.25) is 9.59 Å². The number of hydrogen-bond acceptors (Lipinski definition) is 2. The summed E-state index contributed by atoms with van der Waals surface area (Å²) in [4.78, 5) is 22.6. The second kappa shape index (κ2) is 3.81. The van der Waals surface area contributed by atoms with Gasteiger partial charge >= 0.3 is 0 Å². The van der Waals surface area contributed by atoms with E-state index < -0.39 is 5.91 Å². The average molecular weight is 216 g/mol. The maximum atomic E-state index is 11.6. The number of para-hydroxylation sites is 1. The van der Waals surface area contributed by atoms with Crippen molar-refractivity contribution in [1.29, 1.82) is 0 Å². The highest BCUT2D eigenvalue weighted by Gasteiger charge is 2.06. The van der Waals surface area contributed by atoms with E-state index in [0.29, 0.717) is 5.39 Å². The minimum absolute atomic E-state index is 0.0422. The van der Waals surface area contributed by atoms with Crippen molar-refractivity contribution in [2.75, 3.05) is 0 Å². The molecule has 1 heterocycles. The lowest BCUT2D eigenvalue weighted by Crippen LogP contribution is -2.20. The largest absolute Gasteiger partial charge is 0.368 e. The summed E-state index contributed by atoms with van der Waals surface area (Å²) < 4.78 is 1.70. The first-order chi connectivity index (χ1) is 7.59. The summed E-state index contributed by atoms with van der Waals surface area (Å²) in [6.45, 7) is 1.99. The van der Waals surface area contributed by atoms with Gasteiger partial charge in [0.25, 0.3) is 0 Å². The molecule has 0 atom stereocenters. The third kappa shape index (κ3) is 1.69. The van der Waals surface area contributed by atoms with Crippen molar-refractivity contribution in [3.63, 3.8) is 0 Å². The number of pyridine rings is 1. The minimum atomic E-state index is -0.423. The molecule has 0 aliphatic carbocycles. The van der Waals surface area contributed by atoms with Gasteiger partial charge in [0.2, 0.25) is 5.91 Å². The smallest absolute Gasteiger partial charge is 0.237 e. The van der Waals surface area contributed by atoms with Crippen LogP contribution in [0.1, 0.15) is 5.56 Å². The van der Waals surface area contributed by atoms with E-state index in [1.807, 2.05) is 19.1 Å². The Morgan fingerprint density at radius 3 is 2.81 bits per heavy atom. The summed E-state index contributed by atoms with van der Waals surface area (Å²) in [5, 5.41) is 0.615. The minimum Gasteiger partial charge on any atom is -0.368 e. The number of carbonyl (C=O) groups excluding carboxylic acids is 1. The van der Waals surface area contributed by atoms with Crippen LogP contribution >= 0.6 is 0 Å². The Morgan fingerprint density at radius 2 is 2.12 bits per heavy atom. The summed E-state index contributed by atoms with van der Waals surface area (Å²) in [6.07, 6.45) is 1.60. The molecule has 0 saturated heterocycles. The molecule has 4 nitrogen and oxygen atoms in total. The van der Waals surface area contributed by atoms with Crippen LogP contribution in [0.4, 0.5) is 0 Å². The highest BCUT2D eigenvalue weighted by atomic mass is 16.1. The summed E-state index contributed by atoms with van der Waals surface area (Å²) in [6, 6.07) is 6.93. The lowest BCUT2D eigenvalue weighted by atomic mass is 10.1. The Labute approximate surface area is 92.3 Å². The van der Waals surface area contributed by atoms with Gasteiger partial charge in [-0.15, -0.1) is 0 Å². The van der Waals surface area contributed by atoms with E-state index in [1.54, 1.807) is 16.8 Å². The van der Waals surface area contributed by atoms with Crippen LogP contribution in [0.25, 0.3) is 10.9 Å². The maximum absolute atomic E-state index is 11.6. The molecule has 0 bridgehead atoms. The zero-order chi connectivity index (χ0) is 11.7. The van der Waals surface area contributed by atoms with Crippen LogP contribution in [-0.2, 0) is 11.3 Å². The van der Waals surface area contributed by atoms with E-state index in [1.165, 1.54) is 6.07 Å². The van der Waals surface area contributed by atoms with Gasteiger partial charge in [0, 0.05) is 17.6 Å². The molecule has 82 valence electrons. The van der Waals surface area contributed by atoms with Crippen molar-refractivity contribution in [2.45, 2.75) is 13.5 Å². The SMILES string of the molecule is Cc1cccc2c(=O)ccn(CC(N)=O)c12. The molecule has 4 heteroatoms. The van der Waals surface area contributed by atoms with E-state index in [9.17, 15) is 9.59 Å². The third-order valence-corrected chi connectivity index (χ3v) is 2.52. The highest BCUT2D eigenvalue weighted by Crippen LogP contribution is 2.14. The molecule has 0 saturated carbocycles. The quantitative estimate of drug-likeness (QED) is 0.806. The van der Waals surface area contributed by atoms with Gasteiger partial charge in [-0.2, -0.15) is 0 Å². The van der Waals surface area contributed by atoms with Gasteiger partial charge in [0.1, 0.15) is 6.54 Å². The predicted molar refractivity (Wildman–Crippen MR) is 62.1 cm³/mol. The monoisotopic (exact) mass is 216 g/mol. The number of carbonyl (C=O) groups is 1. The molecule has 1 amide bonds. The van der Waals surface area contributed by atoms with Crippen molar-refractivity contribution < 1.29 is 4.79 Å². The van der Waals surface area contributed by atoms with Crippen LogP contribution in [0.2, 0.25) is 0 Å². The molecule has 0 radical (unpaired) electrons. The Bertz CT molecular complexity index is 614. The average Bonchev–Trinajstić information content (AvgIpc) is 2.22. The summed E-state index contributed by atoms with van der Waals surface area (Å²) in [5.41, 5.74) is 6.85. The fraction of sp³-hybridized carbons (Fsp3) is 0.167. The zero-order valence-electron chi connectivity index (χ0n) is 8.93. The molecule has 1 aromatic heterocycles. The summed E-state index contributed by atoms with van der Waals surface area (Å²) in [5.74, 6) is -0.423. The number of amides is 1. The maximum Gasteiger partial charge on any atom is 0.237 e. The zero-order valence-corrected chi connectivity index (χ0v) is 8.93. The van der Waals surface area contributed by atoms with Crippen molar-refractivity contribution in [1.82, 2.24) is 4.57 Å². The lowest BCUT2D eigenvalue weighted by molar-refractivity contribution is -0.118. The number of fused-ring (bicyclic) bond motifs is 1. The Hall–Kier alpha value is -2.10. The summed E-state index contributed by atoms with van der Waals surface area (Å²) >= 11 is 0. The number of rotatable bonds is 2. The van der Waals surface area contributed by atoms with E-state index in [0.717, 1.165) is 11.1 Å². The number of aromatic nitrogens is 1. The molecule has 0 unspecified atom stereocenters. The molecule has 2 rings (SSSR count). The van der Waals surface area contributed by atoms with E-state index in [-0.39, 0.29) is 12.0 Å². The first-order valence-corrected chi connectivity index (χ1v) is 4.96. The normalized spacial score (nSPS) is 10.6. The van der Waals surface area contributed by atoms with Crippen LogP contribution in [-0.4, -0.2) is 10.5 Å². The number of nitrogens with two attached hydrogens (primary N) is 1. The molecular formula is C12H12N2O2. The van der Waals surface area contributed by atoms with Crippen LogP contribution in [0, 0.1) is 6.92 Å². The van der Waals surface area contributed by atoms with E-state index >= 15 is 0 Å². The summed E-state index contributed by atoms with van der Waals surface area (Å²) in [7, 11) is 0. The van der Waals surface area contributed by atoms with Gasteiger partial charge in [-0.05, 0) is 18.6 Å². The van der Waals surface area contributed by atoms with Crippen molar-refractivity contribution in [2.24, 2.45) is 5.73 Å². The van der Waals surface area contributed by atoms with Gasteiger partial charge < -0.3 is 10.3 Å². The topological polar surface area (TPSA) is 65.1 Å². The first-order valence-electron chi connectivity index (χ1n) is 4.96. The van der Waals surface area contributed by atoms with Crippen molar-refractivity contribution in [3.05, 3.63) is 46.2 Å². The van der Waals surface area contributed by atoms with E-state index in [4.69, 9.17) is 5.73 Å². The van der Waals surface area contributed by atoms with Gasteiger partial charge in [-0.25, -0.2) is 0 Å². The Balaban J connectivity index is 2.81. The van der Waals surface area contributed by atoms with Gasteiger partial charge in [0.05, 0.1) is 5.52 Å². The second-order valence-electron chi connectivity index (χ2n) is 3.75. The Morgan fingerprint density at radius 1 is 1.38 bits per heavy atom. The number of benzene rings is 1. The molecular weight excluding hydrogens is 204 g/mol. The number of hydrogen-bond donors (Lipinski definition) is 1. The molecule has 0 fully saturated rings. The molecule has 16 heavy (non-hydrogen) atoms. The number of nitrogens with zero attached hydrogens (tertiary/aromatic N) is 1. The number of primary amides is 1. The predicted octanol–water partition coefficient (Wildman–Crippen LogP) is 0.795. The van der Waals surface area contributed by atoms with Gasteiger partial charge in [-0.1, -0.05) is 12.1 Å². The molecule has 0 aliphatic heterocycles. The van der Waals surface area contributed by atoms with Crippen LogP contribution in [0.3, 0.4) is 0 Å². The number of aryl methyl sites for hydroxylation is 1. The van der Waals surface area contributed by atoms with E-state index in [2.05, 4.69) is 0 Å². The highest BCUT2D eigenvalue weighted by molar-refractivity contribution is 5.84. The second-order valence-corrected chi connectivity index (χ2v) is 3.75. The molecule has 1 aromatic carbocycles. The van der Waals surface area contributed by atoms with Crippen LogP contribution in [0.5, 0.6) is 0 Å². The first kappa shape index (κ1) is 10.4. The lowest BCUT2D eigenvalue weighted by Gasteiger charge is -2.10.